The summed E-state index contributed by atoms with van der Waals surface area (Å²) in [6.45, 7) is 4.37. The average molecular weight is 265 g/mol. The second-order valence-electron chi connectivity index (χ2n) is 4.27. The second-order valence-corrected chi connectivity index (χ2v) is 4.27. The topological polar surface area (TPSA) is 91.3 Å². The minimum absolute atomic E-state index is 0.0194. The van der Waals surface area contributed by atoms with Gasteiger partial charge in [-0.2, -0.15) is 0 Å². The van der Waals surface area contributed by atoms with E-state index in [9.17, 15) is 9.59 Å². The Morgan fingerprint density at radius 2 is 2.16 bits per heavy atom. The molecule has 0 saturated heterocycles. The van der Waals surface area contributed by atoms with Crippen molar-refractivity contribution < 1.29 is 14.7 Å². The van der Waals surface area contributed by atoms with Crippen LogP contribution in [0.25, 0.3) is 0 Å². The van der Waals surface area contributed by atoms with Gasteiger partial charge in [-0.15, -0.1) is 0 Å². The van der Waals surface area contributed by atoms with E-state index in [-0.39, 0.29) is 17.6 Å². The van der Waals surface area contributed by atoms with Gasteiger partial charge >= 0.3 is 5.97 Å². The Balaban J connectivity index is 2.39. The van der Waals surface area contributed by atoms with Crippen LogP contribution in [0.4, 0.5) is 5.82 Å². The van der Waals surface area contributed by atoms with E-state index in [1.165, 1.54) is 6.07 Å². The number of pyridine rings is 1. The molecule has 1 atom stereocenters. The molecule has 1 aromatic heterocycles. The molecule has 1 unspecified atom stereocenters. The summed E-state index contributed by atoms with van der Waals surface area (Å²) < 4.78 is 0. The zero-order valence-electron chi connectivity index (χ0n) is 11.1. The third-order valence-corrected chi connectivity index (χ3v) is 2.65. The van der Waals surface area contributed by atoms with Gasteiger partial charge in [0.05, 0.1) is 0 Å². The second kappa shape index (κ2) is 7.35. The van der Waals surface area contributed by atoms with Crippen molar-refractivity contribution in [1.29, 1.82) is 0 Å². The number of carbonyl (C=O) groups is 2. The van der Waals surface area contributed by atoms with Crippen LogP contribution in [0.5, 0.6) is 0 Å². The molecule has 104 valence electrons. The summed E-state index contributed by atoms with van der Waals surface area (Å²) in [4.78, 5) is 26.2. The van der Waals surface area contributed by atoms with Crippen molar-refractivity contribution >= 4 is 17.7 Å². The number of hydrogen-bond donors (Lipinski definition) is 3. The lowest BCUT2D eigenvalue weighted by Gasteiger charge is -2.11. The molecule has 0 aliphatic rings. The van der Waals surface area contributed by atoms with Crippen LogP contribution in [0.15, 0.2) is 18.2 Å². The predicted octanol–water partition coefficient (Wildman–Crippen LogP) is 1.50. The van der Waals surface area contributed by atoms with Crippen LogP contribution in [0.3, 0.4) is 0 Å². The number of amides is 1. The van der Waals surface area contributed by atoms with Gasteiger partial charge < -0.3 is 15.7 Å². The van der Waals surface area contributed by atoms with E-state index in [0.29, 0.717) is 18.8 Å². The van der Waals surface area contributed by atoms with Gasteiger partial charge in [0, 0.05) is 19.0 Å². The van der Waals surface area contributed by atoms with E-state index < -0.39 is 5.97 Å². The Kier molecular flexibility index (Phi) is 5.78. The molecule has 0 bridgehead atoms. The average Bonchev–Trinajstić information content (AvgIpc) is 2.38. The first-order chi connectivity index (χ1) is 9.02. The normalized spacial score (nSPS) is 11.7. The van der Waals surface area contributed by atoms with Crippen LogP contribution in [0, 0.1) is 0 Å². The first-order valence-electron chi connectivity index (χ1n) is 6.26. The zero-order valence-corrected chi connectivity index (χ0v) is 11.1. The Morgan fingerprint density at radius 1 is 1.42 bits per heavy atom. The number of nitrogens with one attached hydrogen (secondary N) is 2. The first kappa shape index (κ1) is 14.9. The van der Waals surface area contributed by atoms with Crippen LogP contribution < -0.4 is 10.6 Å². The van der Waals surface area contributed by atoms with Crippen LogP contribution in [0.1, 0.15) is 37.2 Å². The van der Waals surface area contributed by atoms with E-state index in [4.69, 9.17) is 5.11 Å². The predicted molar refractivity (Wildman–Crippen MR) is 72.2 cm³/mol. The standard InChI is InChI=1S/C13H19N3O3/c1-3-9(2)15-12(17)7-8-14-11-6-4-5-10(16-11)13(18)19/h4-6,9H,3,7-8H2,1-2H3,(H,14,16)(H,15,17)(H,18,19). The van der Waals surface area contributed by atoms with Crippen molar-refractivity contribution in [3.8, 4) is 0 Å². The maximum absolute atomic E-state index is 11.5. The number of carboxylic acid groups (broad SMARTS) is 1. The molecule has 1 rings (SSSR count). The fourth-order valence-corrected chi connectivity index (χ4v) is 1.41. The van der Waals surface area contributed by atoms with E-state index in [1.807, 2.05) is 13.8 Å². The van der Waals surface area contributed by atoms with Crippen LogP contribution in [0.2, 0.25) is 0 Å². The number of aromatic carboxylic acids is 1. The minimum atomic E-state index is -1.07. The number of nitrogens with zero attached hydrogens (tertiary/aromatic N) is 1. The Morgan fingerprint density at radius 3 is 2.79 bits per heavy atom. The summed E-state index contributed by atoms with van der Waals surface area (Å²) in [5.41, 5.74) is -0.0194. The lowest BCUT2D eigenvalue weighted by Crippen LogP contribution is -2.33. The van der Waals surface area contributed by atoms with Gasteiger partial charge in [0.25, 0.3) is 0 Å². The zero-order chi connectivity index (χ0) is 14.3. The molecule has 6 nitrogen and oxygen atoms in total. The summed E-state index contributed by atoms with van der Waals surface area (Å²) in [6.07, 6.45) is 1.21. The first-order valence-corrected chi connectivity index (χ1v) is 6.26. The van der Waals surface area contributed by atoms with E-state index in [1.54, 1.807) is 12.1 Å². The van der Waals surface area contributed by atoms with E-state index in [0.717, 1.165) is 6.42 Å². The monoisotopic (exact) mass is 265 g/mol. The minimum Gasteiger partial charge on any atom is -0.477 e. The van der Waals surface area contributed by atoms with Crippen molar-refractivity contribution in [2.24, 2.45) is 0 Å². The molecule has 0 aromatic carbocycles. The lowest BCUT2D eigenvalue weighted by atomic mass is 10.2. The van der Waals surface area contributed by atoms with Crippen LogP contribution in [-0.4, -0.2) is 34.6 Å². The summed E-state index contributed by atoms with van der Waals surface area (Å²) in [5, 5.41) is 14.6. The van der Waals surface area contributed by atoms with Crippen molar-refractivity contribution in [2.75, 3.05) is 11.9 Å². The van der Waals surface area contributed by atoms with Gasteiger partial charge in [-0.25, -0.2) is 9.78 Å². The maximum atomic E-state index is 11.5. The molecule has 0 fully saturated rings. The molecule has 1 aromatic rings. The third kappa shape index (κ3) is 5.37. The van der Waals surface area contributed by atoms with Gasteiger partial charge in [0.1, 0.15) is 5.82 Å². The molecular weight excluding hydrogens is 246 g/mol. The molecule has 0 saturated carbocycles. The number of aromatic nitrogens is 1. The Hall–Kier alpha value is -2.11. The van der Waals surface area contributed by atoms with Gasteiger partial charge in [-0.3, -0.25) is 4.79 Å². The number of carbonyl (C=O) groups excluding carboxylic acids is 1. The number of rotatable bonds is 7. The molecule has 0 radical (unpaired) electrons. The largest absolute Gasteiger partial charge is 0.477 e. The number of hydrogen-bond acceptors (Lipinski definition) is 4. The van der Waals surface area contributed by atoms with Gasteiger partial charge in [-0.05, 0) is 25.5 Å². The van der Waals surface area contributed by atoms with E-state index in [2.05, 4.69) is 15.6 Å². The van der Waals surface area contributed by atoms with Crippen LogP contribution in [-0.2, 0) is 4.79 Å². The molecule has 6 heteroatoms. The quantitative estimate of drug-likeness (QED) is 0.695. The SMILES string of the molecule is CCC(C)NC(=O)CCNc1cccc(C(=O)O)n1. The summed E-state index contributed by atoms with van der Waals surface area (Å²) in [6, 6.07) is 4.86. The molecular formula is C13H19N3O3. The molecule has 1 heterocycles. The molecule has 0 spiro atoms. The number of carboxylic acids is 1. The summed E-state index contributed by atoms with van der Waals surface area (Å²) in [7, 11) is 0. The fraction of sp³-hybridized carbons (Fsp3) is 0.462. The highest BCUT2D eigenvalue weighted by molar-refractivity contribution is 5.85. The van der Waals surface area contributed by atoms with Gasteiger partial charge in [0.2, 0.25) is 5.91 Å². The smallest absolute Gasteiger partial charge is 0.354 e. The molecule has 1 amide bonds. The Bertz CT molecular complexity index is 449. The summed E-state index contributed by atoms with van der Waals surface area (Å²) >= 11 is 0. The van der Waals surface area contributed by atoms with Gasteiger partial charge in [-0.1, -0.05) is 13.0 Å². The number of anilines is 1. The summed E-state index contributed by atoms with van der Waals surface area (Å²) in [5.74, 6) is -0.648. The lowest BCUT2D eigenvalue weighted by molar-refractivity contribution is -0.121. The van der Waals surface area contributed by atoms with Crippen LogP contribution >= 0.6 is 0 Å². The fourth-order valence-electron chi connectivity index (χ4n) is 1.41. The van der Waals surface area contributed by atoms with E-state index >= 15 is 0 Å². The molecule has 3 N–H and O–H groups in total. The van der Waals surface area contributed by atoms with Crippen molar-refractivity contribution in [1.82, 2.24) is 10.3 Å². The Labute approximate surface area is 112 Å². The van der Waals surface area contributed by atoms with Crippen molar-refractivity contribution in [3.05, 3.63) is 23.9 Å². The molecule has 0 aliphatic heterocycles. The van der Waals surface area contributed by atoms with Gasteiger partial charge in [0.15, 0.2) is 5.69 Å². The highest BCUT2D eigenvalue weighted by Crippen LogP contribution is 2.04. The molecule has 19 heavy (non-hydrogen) atoms. The maximum Gasteiger partial charge on any atom is 0.354 e. The highest BCUT2D eigenvalue weighted by Gasteiger charge is 2.07. The highest BCUT2D eigenvalue weighted by atomic mass is 16.4. The third-order valence-electron chi connectivity index (χ3n) is 2.65. The van der Waals surface area contributed by atoms with Crippen molar-refractivity contribution in [2.45, 2.75) is 32.7 Å². The molecule has 0 aliphatic carbocycles. The van der Waals surface area contributed by atoms with Crippen molar-refractivity contribution in [3.63, 3.8) is 0 Å².